The first kappa shape index (κ1) is 38.5. The first-order valence-electron chi connectivity index (χ1n) is 23.2. The van der Waals surface area contributed by atoms with Crippen LogP contribution in [0.4, 0.5) is 17.1 Å². The second-order valence-electron chi connectivity index (χ2n) is 19.2. The number of para-hydroxylation sites is 2. The molecule has 13 rings (SSSR count). The van der Waals surface area contributed by atoms with Crippen molar-refractivity contribution in [2.75, 3.05) is 4.90 Å². The average molecular weight is 846 g/mol. The molecule has 0 amide bonds. The number of fused-ring (bicyclic) bond motifs is 10. The Balaban J connectivity index is 0.958. The second-order valence-corrected chi connectivity index (χ2v) is 19.2. The molecule has 2 aliphatic carbocycles. The number of furan rings is 1. The van der Waals surface area contributed by atoms with Gasteiger partial charge in [-0.2, -0.15) is 0 Å². The zero-order valence-electron chi connectivity index (χ0n) is 37.6. The molecule has 2 aliphatic rings. The van der Waals surface area contributed by atoms with Crippen LogP contribution in [0.15, 0.2) is 217 Å². The molecule has 11 aromatic rings. The van der Waals surface area contributed by atoms with E-state index in [2.05, 4.69) is 233 Å². The quantitative estimate of drug-likeness (QED) is 0.166. The van der Waals surface area contributed by atoms with E-state index < -0.39 is 0 Å². The molecule has 0 radical (unpaired) electrons. The number of anilines is 3. The summed E-state index contributed by atoms with van der Waals surface area (Å²) < 4.78 is 6.41. The third-order valence-electron chi connectivity index (χ3n) is 14.9. The van der Waals surface area contributed by atoms with Crippen LogP contribution in [0, 0.1) is 0 Å². The van der Waals surface area contributed by atoms with Gasteiger partial charge in [0.2, 0.25) is 0 Å². The summed E-state index contributed by atoms with van der Waals surface area (Å²) in [5, 5.41) is 4.73. The molecule has 0 spiro atoms. The normalized spacial score (nSPS) is 14.0. The lowest BCUT2D eigenvalue weighted by Crippen LogP contribution is -2.16. The molecule has 0 unspecified atom stereocenters. The summed E-state index contributed by atoms with van der Waals surface area (Å²) in [7, 11) is 0. The van der Waals surface area contributed by atoms with Gasteiger partial charge in [0.05, 0.1) is 11.4 Å². The van der Waals surface area contributed by atoms with Gasteiger partial charge in [-0.25, -0.2) is 0 Å². The molecule has 0 fully saturated rings. The smallest absolute Gasteiger partial charge is 0.143 e. The molecule has 0 atom stereocenters. The van der Waals surface area contributed by atoms with Crippen molar-refractivity contribution in [1.82, 2.24) is 0 Å². The van der Waals surface area contributed by atoms with E-state index in [9.17, 15) is 0 Å². The summed E-state index contributed by atoms with van der Waals surface area (Å²) in [6, 6.07) is 78.3. The van der Waals surface area contributed by atoms with Crippen molar-refractivity contribution in [3.8, 4) is 55.6 Å². The lowest BCUT2D eigenvalue weighted by molar-refractivity contribution is 0.660. The fourth-order valence-corrected chi connectivity index (χ4v) is 11.6. The maximum atomic E-state index is 6.41. The van der Waals surface area contributed by atoms with Crippen LogP contribution in [0.3, 0.4) is 0 Å². The molecular formula is C64H47NO. The van der Waals surface area contributed by atoms with Gasteiger partial charge in [-0.15, -0.1) is 0 Å². The van der Waals surface area contributed by atoms with Crippen LogP contribution in [-0.4, -0.2) is 0 Å². The highest BCUT2D eigenvalue weighted by Crippen LogP contribution is 2.56. The number of benzene rings is 10. The van der Waals surface area contributed by atoms with E-state index in [0.717, 1.165) is 44.4 Å². The van der Waals surface area contributed by atoms with Gasteiger partial charge >= 0.3 is 0 Å². The standard InChI is InChI=1S/C64H47NO/c1-63(2)53-24-10-7-19-51(53)60-49(22-14-26-55(60)63)46-38-39-57(47-17-6-5-16-45(46)47)65(58-28-15-27-56-61(58)52-20-8-11-25-54(52)64(56,3)4)43-36-34-41(35-37-43)40-30-32-42(33-31-40)44-21-13-23-50-48-18-9-12-29-59(48)66-62(44)50/h5-39H,1-4H3. The van der Waals surface area contributed by atoms with E-state index in [4.69, 9.17) is 4.42 Å². The Morgan fingerprint density at radius 3 is 1.55 bits per heavy atom. The summed E-state index contributed by atoms with van der Waals surface area (Å²) in [5.41, 5.74) is 22.9. The van der Waals surface area contributed by atoms with Gasteiger partial charge in [0.15, 0.2) is 0 Å². The number of rotatable bonds is 6. The molecule has 0 bridgehead atoms. The van der Waals surface area contributed by atoms with E-state index in [-0.39, 0.29) is 10.8 Å². The lowest BCUT2D eigenvalue weighted by Gasteiger charge is -2.30. The van der Waals surface area contributed by atoms with Crippen molar-refractivity contribution in [3.63, 3.8) is 0 Å². The average Bonchev–Trinajstić information content (AvgIpc) is 3.95. The highest BCUT2D eigenvalue weighted by molar-refractivity contribution is 6.11. The van der Waals surface area contributed by atoms with Crippen molar-refractivity contribution in [2.45, 2.75) is 38.5 Å². The Kier molecular flexibility index (Phi) is 8.33. The zero-order valence-corrected chi connectivity index (χ0v) is 37.6. The van der Waals surface area contributed by atoms with E-state index in [1.165, 1.54) is 83.2 Å². The van der Waals surface area contributed by atoms with Crippen LogP contribution in [0.2, 0.25) is 0 Å². The summed E-state index contributed by atoms with van der Waals surface area (Å²) in [6.07, 6.45) is 0. The minimum absolute atomic E-state index is 0.0788. The molecule has 10 aromatic carbocycles. The predicted octanol–water partition coefficient (Wildman–Crippen LogP) is 17.8. The minimum Gasteiger partial charge on any atom is -0.455 e. The van der Waals surface area contributed by atoms with Gasteiger partial charge in [-0.3, -0.25) is 0 Å². The van der Waals surface area contributed by atoms with Crippen LogP contribution in [0.25, 0.3) is 88.3 Å². The Labute approximate surface area is 386 Å². The van der Waals surface area contributed by atoms with Crippen molar-refractivity contribution in [3.05, 3.63) is 235 Å². The maximum Gasteiger partial charge on any atom is 0.143 e. The molecule has 0 N–H and O–H groups in total. The van der Waals surface area contributed by atoms with Gasteiger partial charge in [0, 0.05) is 43.8 Å². The molecule has 0 aliphatic heterocycles. The number of hydrogen-bond donors (Lipinski definition) is 0. The molecule has 0 saturated carbocycles. The molecule has 0 saturated heterocycles. The Morgan fingerprint density at radius 2 is 0.818 bits per heavy atom. The van der Waals surface area contributed by atoms with Crippen LogP contribution in [0.5, 0.6) is 0 Å². The van der Waals surface area contributed by atoms with E-state index in [1.807, 2.05) is 12.1 Å². The van der Waals surface area contributed by atoms with Gasteiger partial charge in [-0.05, 0) is 102 Å². The second kappa shape index (κ2) is 14.3. The monoisotopic (exact) mass is 845 g/mol. The summed E-state index contributed by atoms with van der Waals surface area (Å²) in [4.78, 5) is 2.51. The largest absolute Gasteiger partial charge is 0.455 e. The summed E-state index contributed by atoms with van der Waals surface area (Å²) in [6.45, 7) is 9.46. The van der Waals surface area contributed by atoms with Crippen molar-refractivity contribution < 1.29 is 4.42 Å². The first-order chi connectivity index (χ1) is 32.3. The van der Waals surface area contributed by atoms with E-state index in [0.29, 0.717) is 0 Å². The number of nitrogens with zero attached hydrogens (tertiary/aromatic N) is 1. The Bertz CT molecular complexity index is 3750. The molecule has 2 nitrogen and oxygen atoms in total. The van der Waals surface area contributed by atoms with Crippen LogP contribution >= 0.6 is 0 Å². The lowest BCUT2D eigenvalue weighted by atomic mass is 9.82. The van der Waals surface area contributed by atoms with Crippen LogP contribution in [0.1, 0.15) is 49.9 Å². The molecule has 2 heteroatoms. The number of hydrogen-bond acceptors (Lipinski definition) is 2. The third-order valence-corrected chi connectivity index (χ3v) is 14.9. The van der Waals surface area contributed by atoms with E-state index >= 15 is 0 Å². The molecule has 1 heterocycles. The fourth-order valence-electron chi connectivity index (χ4n) is 11.6. The van der Waals surface area contributed by atoms with Crippen molar-refractivity contribution in [2.24, 2.45) is 0 Å². The minimum atomic E-state index is -0.136. The Hall–Kier alpha value is -7.94. The molecule has 1 aromatic heterocycles. The molecule has 314 valence electrons. The maximum absolute atomic E-state index is 6.41. The zero-order chi connectivity index (χ0) is 44.3. The van der Waals surface area contributed by atoms with E-state index in [1.54, 1.807) is 0 Å². The summed E-state index contributed by atoms with van der Waals surface area (Å²) in [5.74, 6) is 0. The topological polar surface area (TPSA) is 16.4 Å². The Morgan fingerprint density at radius 1 is 0.318 bits per heavy atom. The summed E-state index contributed by atoms with van der Waals surface area (Å²) >= 11 is 0. The molecular weight excluding hydrogens is 799 g/mol. The highest BCUT2D eigenvalue weighted by Gasteiger charge is 2.39. The fraction of sp³-hybridized carbons (Fsp3) is 0.0938. The highest BCUT2D eigenvalue weighted by atomic mass is 16.3. The van der Waals surface area contributed by atoms with Gasteiger partial charge in [0.25, 0.3) is 0 Å². The SMILES string of the molecule is CC1(C)c2ccccc2-c2c(-c3ccc(N(c4ccc(-c5ccc(-c6cccc7c6oc6ccccc67)cc5)cc4)c4cccc5c4-c4ccccc4C5(C)C)c4ccccc34)cccc21. The van der Waals surface area contributed by atoms with Crippen molar-refractivity contribution in [1.29, 1.82) is 0 Å². The van der Waals surface area contributed by atoms with Crippen LogP contribution in [-0.2, 0) is 10.8 Å². The van der Waals surface area contributed by atoms with Crippen LogP contribution < -0.4 is 4.90 Å². The third kappa shape index (κ3) is 5.55. The molecule has 66 heavy (non-hydrogen) atoms. The van der Waals surface area contributed by atoms with Gasteiger partial charge < -0.3 is 9.32 Å². The van der Waals surface area contributed by atoms with Gasteiger partial charge in [-0.1, -0.05) is 210 Å². The predicted molar refractivity (Wildman–Crippen MR) is 277 cm³/mol. The first-order valence-corrected chi connectivity index (χ1v) is 23.2. The van der Waals surface area contributed by atoms with Crippen molar-refractivity contribution >= 4 is 49.8 Å². The van der Waals surface area contributed by atoms with Gasteiger partial charge in [0.1, 0.15) is 11.2 Å².